The molecular weight excluding hydrogens is 747 g/mol. The van der Waals surface area contributed by atoms with Crippen LogP contribution >= 0.6 is 11.8 Å². The molecule has 4 atom stereocenters. The summed E-state index contributed by atoms with van der Waals surface area (Å²) in [6, 6.07) is -1.14. The lowest BCUT2D eigenvalue weighted by atomic mass is 9.94. The number of hydrogen-bond donors (Lipinski definition) is 5. The monoisotopic (exact) mass is 819 g/mol. The van der Waals surface area contributed by atoms with Gasteiger partial charge in [0.15, 0.2) is 5.78 Å². The molecule has 0 heterocycles. The molecule has 0 aromatic carbocycles. The van der Waals surface area contributed by atoms with Gasteiger partial charge in [-0.1, -0.05) is 72.6 Å². The lowest BCUT2D eigenvalue weighted by molar-refractivity contribution is -0.142. The molecule has 0 rings (SSSR count). The lowest BCUT2D eigenvalue weighted by Gasteiger charge is -2.14. The van der Waals surface area contributed by atoms with Crippen LogP contribution in [0.4, 0.5) is 0 Å². The van der Waals surface area contributed by atoms with Gasteiger partial charge in [-0.3, -0.25) is 24.0 Å². The molecule has 326 valence electrons. The van der Waals surface area contributed by atoms with Crippen LogP contribution in [0.3, 0.4) is 0 Å². The number of ether oxygens (including phenoxy) is 4. The number of aliphatic carboxylic acids is 2. The zero-order valence-electron chi connectivity index (χ0n) is 34.6. The lowest BCUT2D eigenvalue weighted by Crippen LogP contribution is -2.41. The standard InChI is InChI=1S/C40H73N3O12S/c1-5-32(3)35(44)29-54-25-23-53-22-20-42-38(47)30-55-26-24-52-21-19-41-36(45)18-17-34(40(50)51)43-37(46)16-12-28-56-27-10-8-6-7-9-13-31(2)14-11-15-33(4)39(48)49/h31-34H,5-30H2,1-4H3,(H,41,45)(H,42,47)(H,43,46)(H,48,49)(H,50,51)/t31?,32?,33?,34-/m0/s1. The molecule has 0 bridgehead atoms. The smallest absolute Gasteiger partial charge is 0.326 e. The van der Waals surface area contributed by atoms with Crippen LogP contribution in [-0.4, -0.2) is 129 Å². The first-order chi connectivity index (χ1) is 26.9. The highest BCUT2D eigenvalue weighted by molar-refractivity contribution is 7.99. The summed E-state index contributed by atoms with van der Waals surface area (Å²) >= 11 is 1.80. The zero-order valence-corrected chi connectivity index (χ0v) is 35.4. The van der Waals surface area contributed by atoms with E-state index < -0.39 is 18.0 Å². The fourth-order valence-electron chi connectivity index (χ4n) is 5.32. The first kappa shape index (κ1) is 53.2. The van der Waals surface area contributed by atoms with Gasteiger partial charge in [0.05, 0.1) is 45.6 Å². The van der Waals surface area contributed by atoms with Crippen LogP contribution in [-0.2, 0) is 47.7 Å². The van der Waals surface area contributed by atoms with E-state index in [1.54, 1.807) is 18.7 Å². The molecule has 0 aliphatic heterocycles. The Kier molecular flexibility index (Phi) is 34.7. The predicted molar refractivity (Wildman–Crippen MR) is 217 cm³/mol. The second-order valence-electron chi connectivity index (χ2n) is 14.4. The number of thioether (sulfide) groups is 1. The third kappa shape index (κ3) is 33.4. The molecule has 0 saturated heterocycles. The molecule has 16 heteroatoms. The molecule has 15 nitrogen and oxygen atoms in total. The molecule has 0 fully saturated rings. The molecule has 0 aliphatic rings. The predicted octanol–water partition coefficient (Wildman–Crippen LogP) is 4.63. The van der Waals surface area contributed by atoms with Crippen molar-refractivity contribution >= 4 is 47.2 Å². The minimum absolute atomic E-state index is 0.0100. The number of amides is 3. The summed E-state index contributed by atoms with van der Waals surface area (Å²) in [5, 5.41) is 26.3. The Bertz CT molecular complexity index is 1080. The van der Waals surface area contributed by atoms with Crippen LogP contribution in [0.5, 0.6) is 0 Å². The fraction of sp³-hybridized carbons (Fsp3) is 0.850. The van der Waals surface area contributed by atoms with Crippen molar-refractivity contribution in [3.8, 4) is 0 Å². The number of ketones is 1. The molecule has 0 spiro atoms. The van der Waals surface area contributed by atoms with Crippen LogP contribution in [0, 0.1) is 17.8 Å². The third-order valence-electron chi connectivity index (χ3n) is 9.25. The van der Waals surface area contributed by atoms with Crippen molar-refractivity contribution in [1.82, 2.24) is 16.0 Å². The molecule has 56 heavy (non-hydrogen) atoms. The number of carbonyl (C=O) groups is 6. The molecule has 3 amide bonds. The molecular formula is C40H73N3O12S. The summed E-state index contributed by atoms with van der Waals surface area (Å²) in [4.78, 5) is 70.6. The SMILES string of the molecule is CCC(C)C(=O)COCCOCCNC(=O)COCCOCCNC(=O)CC[C@H](NC(=O)CCCSCCCCCCCC(C)CCCC(C)C(=O)O)C(=O)O. The van der Waals surface area contributed by atoms with E-state index in [0.717, 1.165) is 43.6 Å². The molecule has 0 aliphatic carbocycles. The molecule has 0 saturated carbocycles. The van der Waals surface area contributed by atoms with Crippen molar-refractivity contribution in [2.24, 2.45) is 17.8 Å². The number of carboxylic acids is 2. The van der Waals surface area contributed by atoms with Gasteiger partial charge in [0.25, 0.3) is 0 Å². The van der Waals surface area contributed by atoms with Crippen molar-refractivity contribution in [3.63, 3.8) is 0 Å². The van der Waals surface area contributed by atoms with Gasteiger partial charge in [0.2, 0.25) is 17.7 Å². The average molecular weight is 820 g/mol. The molecule has 0 radical (unpaired) electrons. The van der Waals surface area contributed by atoms with Gasteiger partial charge >= 0.3 is 11.9 Å². The van der Waals surface area contributed by atoms with E-state index in [9.17, 15) is 33.9 Å². The fourth-order valence-corrected chi connectivity index (χ4v) is 6.28. The Morgan fingerprint density at radius 3 is 1.77 bits per heavy atom. The average Bonchev–Trinajstić information content (AvgIpc) is 3.16. The quantitative estimate of drug-likeness (QED) is 0.0534. The first-order valence-corrected chi connectivity index (χ1v) is 21.7. The van der Waals surface area contributed by atoms with Gasteiger partial charge in [0.1, 0.15) is 19.3 Å². The van der Waals surface area contributed by atoms with Crippen molar-refractivity contribution in [2.75, 3.05) is 77.5 Å². The number of rotatable bonds is 40. The molecule has 5 N–H and O–H groups in total. The molecule has 0 aromatic heterocycles. The normalized spacial score (nSPS) is 13.4. The Morgan fingerprint density at radius 1 is 0.554 bits per heavy atom. The maximum Gasteiger partial charge on any atom is 0.326 e. The van der Waals surface area contributed by atoms with Crippen molar-refractivity contribution < 1.29 is 57.9 Å². The molecule has 0 aromatic rings. The number of carbonyl (C=O) groups excluding carboxylic acids is 4. The zero-order chi connectivity index (χ0) is 41.8. The summed E-state index contributed by atoms with van der Waals surface area (Å²) in [6.45, 7) is 9.87. The van der Waals surface area contributed by atoms with E-state index in [1.807, 2.05) is 13.8 Å². The highest BCUT2D eigenvalue weighted by Crippen LogP contribution is 2.19. The van der Waals surface area contributed by atoms with Crippen LogP contribution < -0.4 is 16.0 Å². The van der Waals surface area contributed by atoms with Gasteiger partial charge < -0.3 is 45.1 Å². The van der Waals surface area contributed by atoms with Gasteiger partial charge in [-0.25, -0.2) is 4.79 Å². The van der Waals surface area contributed by atoms with Crippen LogP contribution in [0.15, 0.2) is 0 Å². The van der Waals surface area contributed by atoms with Crippen molar-refractivity contribution in [1.29, 1.82) is 0 Å². The molecule has 3 unspecified atom stereocenters. The Morgan fingerprint density at radius 2 is 1.12 bits per heavy atom. The van der Waals surface area contributed by atoms with Gasteiger partial charge in [0, 0.05) is 31.8 Å². The maximum atomic E-state index is 12.3. The Balaban J connectivity index is 3.72. The summed E-state index contributed by atoms with van der Waals surface area (Å²) in [5.74, 6) is -0.575. The first-order valence-electron chi connectivity index (χ1n) is 20.6. The van der Waals surface area contributed by atoms with Gasteiger partial charge in [-0.05, 0) is 49.5 Å². The maximum absolute atomic E-state index is 12.3. The topological polar surface area (TPSA) is 216 Å². The van der Waals surface area contributed by atoms with E-state index in [4.69, 9.17) is 24.1 Å². The number of nitrogens with one attached hydrogen (secondary N) is 3. The highest BCUT2D eigenvalue weighted by atomic mass is 32.2. The Labute approximate surface area is 339 Å². The number of carboxylic acid groups (broad SMARTS) is 2. The summed E-state index contributed by atoms with van der Waals surface area (Å²) < 4.78 is 21.3. The summed E-state index contributed by atoms with van der Waals surface area (Å²) in [6.07, 6.45) is 11.5. The van der Waals surface area contributed by atoms with Crippen LogP contribution in [0.25, 0.3) is 0 Å². The minimum Gasteiger partial charge on any atom is -0.481 e. The summed E-state index contributed by atoms with van der Waals surface area (Å²) in [7, 11) is 0. The summed E-state index contributed by atoms with van der Waals surface area (Å²) in [5.41, 5.74) is 0. The van der Waals surface area contributed by atoms with Gasteiger partial charge in [-0.2, -0.15) is 11.8 Å². The Hall–Kier alpha value is -2.79. The van der Waals surface area contributed by atoms with Gasteiger partial charge in [-0.15, -0.1) is 0 Å². The number of hydrogen-bond acceptors (Lipinski definition) is 11. The third-order valence-corrected chi connectivity index (χ3v) is 10.4. The number of Topliss-reactive ketones (excluding diaryl/α,β-unsaturated/α-hetero) is 1. The largest absolute Gasteiger partial charge is 0.481 e. The minimum atomic E-state index is -1.18. The number of unbranched alkanes of at least 4 members (excludes halogenated alkanes) is 4. The second kappa shape index (κ2) is 36.5. The van der Waals surface area contributed by atoms with Crippen LogP contribution in [0.2, 0.25) is 0 Å². The van der Waals surface area contributed by atoms with Crippen molar-refractivity contribution in [2.45, 2.75) is 124 Å². The highest BCUT2D eigenvalue weighted by Gasteiger charge is 2.21. The van der Waals surface area contributed by atoms with E-state index in [2.05, 4.69) is 22.9 Å². The van der Waals surface area contributed by atoms with E-state index in [-0.39, 0.29) is 94.2 Å². The van der Waals surface area contributed by atoms with E-state index in [1.165, 1.54) is 32.1 Å². The van der Waals surface area contributed by atoms with E-state index >= 15 is 0 Å². The van der Waals surface area contributed by atoms with Crippen molar-refractivity contribution in [3.05, 3.63) is 0 Å². The van der Waals surface area contributed by atoms with E-state index in [0.29, 0.717) is 38.7 Å². The van der Waals surface area contributed by atoms with Crippen LogP contribution in [0.1, 0.15) is 118 Å². The second-order valence-corrected chi connectivity index (χ2v) is 15.6.